The van der Waals surface area contributed by atoms with Gasteiger partial charge in [-0.25, -0.2) is 0 Å². The highest BCUT2D eigenvalue weighted by Gasteiger charge is 2.16. The smallest absolute Gasteiger partial charge is 0.0438 e. The lowest BCUT2D eigenvalue weighted by molar-refractivity contribution is 0.432. The summed E-state index contributed by atoms with van der Waals surface area (Å²) in [5.41, 5.74) is 9.85. The van der Waals surface area contributed by atoms with Crippen LogP contribution in [-0.4, -0.2) is 0 Å². The topological polar surface area (TPSA) is 26.0 Å². The predicted molar refractivity (Wildman–Crippen MR) is 71.9 cm³/mol. The lowest BCUT2D eigenvalue weighted by Gasteiger charge is -2.22. The quantitative estimate of drug-likeness (QED) is 0.829. The summed E-state index contributed by atoms with van der Waals surface area (Å²) >= 11 is 6.09. The number of halogens is 1. The van der Waals surface area contributed by atoms with Crippen molar-refractivity contribution in [3.8, 4) is 0 Å². The van der Waals surface area contributed by atoms with E-state index in [2.05, 4.69) is 26.8 Å². The van der Waals surface area contributed by atoms with Gasteiger partial charge >= 0.3 is 0 Å². The molecule has 0 saturated carbocycles. The van der Waals surface area contributed by atoms with Gasteiger partial charge in [0.15, 0.2) is 0 Å². The molecule has 1 aromatic rings. The SMILES string of the molecule is CCCC(C)C(N)c1cc(C)c(Cl)cc1C. The number of hydrogen-bond acceptors (Lipinski definition) is 1. The molecular weight excluding hydrogens is 218 g/mol. The van der Waals surface area contributed by atoms with Crippen molar-refractivity contribution in [2.75, 3.05) is 0 Å². The van der Waals surface area contributed by atoms with Gasteiger partial charge in [-0.05, 0) is 48.9 Å². The monoisotopic (exact) mass is 239 g/mol. The van der Waals surface area contributed by atoms with Crippen LogP contribution in [0.25, 0.3) is 0 Å². The third-order valence-electron chi connectivity index (χ3n) is 3.26. The van der Waals surface area contributed by atoms with E-state index in [1.807, 2.05) is 13.0 Å². The van der Waals surface area contributed by atoms with Crippen molar-refractivity contribution in [3.63, 3.8) is 0 Å². The minimum Gasteiger partial charge on any atom is -0.324 e. The van der Waals surface area contributed by atoms with E-state index < -0.39 is 0 Å². The van der Waals surface area contributed by atoms with E-state index in [0.717, 1.165) is 10.6 Å². The van der Waals surface area contributed by atoms with Crippen LogP contribution in [0.1, 0.15) is 49.4 Å². The molecule has 2 atom stereocenters. The maximum atomic E-state index is 6.30. The first kappa shape index (κ1) is 13.5. The van der Waals surface area contributed by atoms with Crippen LogP contribution >= 0.6 is 11.6 Å². The molecule has 2 N–H and O–H groups in total. The first-order valence-corrected chi connectivity index (χ1v) is 6.37. The van der Waals surface area contributed by atoms with Crippen molar-refractivity contribution in [1.29, 1.82) is 0 Å². The van der Waals surface area contributed by atoms with Crippen LogP contribution < -0.4 is 5.73 Å². The Bertz CT molecular complexity index is 360. The van der Waals surface area contributed by atoms with Crippen LogP contribution in [-0.2, 0) is 0 Å². The maximum Gasteiger partial charge on any atom is 0.0438 e. The first-order valence-electron chi connectivity index (χ1n) is 5.99. The molecule has 90 valence electrons. The first-order chi connectivity index (χ1) is 7.47. The Kier molecular flexibility index (Phi) is 4.82. The highest BCUT2D eigenvalue weighted by atomic mass is 35.5. The maximum absolute atomic E-state index is 6.30. The van der Waals surface area contributed by atoms with Crippen LogP contribution in [0.15, 0.2) is 12.1 Å². The molecule has 2 heteroatoms. The van der Waals surface area contributed by atoms with E-state index >= 15 is 0 Å². The third kappa shape index (κ3) is 2.99. The number of rotatable bonds is 4. The number of aryl methyl sites for hydroxylation is 2. The predicted octanol–water partition coefficient (Wildman–Crippen LogP) is 4.39. The fraction of sp³-hybridized carbons (Fsp3) is 0.571. The molecule has 1 rings (SSSR count). The molecule has 0 fully saturated rings. The van der Waals surface area contributed by atoms with Crippen LogP contribution in [0.5, 0.6) is 0 Å². The molecule has 0 heterocycles. The Hall–Kier alpha value is -0.530. The molecule has 0 aliphatic rings. The summed E-state index contributed by atoms with van der Waals surface area (Å²) in [7, 11) is 0. The molecule has 16 heavy (non-hydrogen) atoms. The van der Waals surface area contributed by atoms with Crippen molar-refractivity contribution in [1.82, 2.24) is 0 Å². The molecule has 1 aromatic carbocycles. The standard InChI is InChI=1S/C14H22ClN/c1-5-6-9(2)14(16)12-7-11(4)13(15)8-10(12)3/h7-9,14H,5-6,16H2,1-4H3. The summed E-state index contributed by atoms with van der Waals surface area (Å²) in [5.74, 6) is 0.518. The molecule has 0 saturated heterocycles. The lowest BCUT2D eigenvalue weighted by atomic mass is 9.88. The molecule has 0 bridgehead atoms. The Balaban J connectivity index is 2.99. The van der Waals surface area contributed by atoms with E-state index in [-0.39, 0.29) is 6.04 Å². The fourth-order valence-corrected chi connectivity index (χ4v) is 2.32. The largest absolute Gasteiger partial charge is 0.324 e. The van der Waals surface area contributed by atoms with Crippen molar-refractivity contribution >= 4 is 11.6 Å². The summed E-state index contributed by atoms with van der Waals surface area (Å²) in [5, 5.41) is 0.830. The summed E-state index contributed by atoms with van der Waals surface area (Å²) in [6, 6.07) is 4.27. The summed E-state index contributed by atoms with van der Waals surface area (Å²) in [4.78, 5) is 0. The van der Waals surface area contributed by atoms with Gasteiger partial charge in [-0.3, -0.25) is 0 Å². The minimum atomic E-state index is 0.121. The van der Waals surface area contributed by atoms with Crippen LogP contribution in [0.3, 0.4) is 0 Å². The average molecular weight is 240 g/mol. The highest BCUT2D eigenvalue weighted by Crippen LogP contribution is 2.29. The molecule has 0 radical (unpaired) electrons. The summed E-state index contributed by atoms with van der Waals surface area (Å²) in [6.45, 7) is 8.53. The van der Waals surface area contributed by atoms with Gasteiger partial charge in [0.25, 0.3) is 0 Å². The normalized spacial score (nSPS) is 14.9. The van der Waals surface area contributed by atoms with E-state index in [9.17, 15) is 0 Å². The Morgan fingerprint density at radius 3 is 2.44 bits per heavy atom. The van der Waals surface area contributed by atoms with Crippen LogP contribution in [0, 0.1) is 19.8 Å². The zero-order valence-corrected chi connectivity index (χ0v) is 11.4. The van der Waals surface area contributed by atoms with Gasteiger partial charge in [-0.1, -0.05) is 37.9 Å². The van der Waals surface area contributed by atoms with Gasteiger partial charge in [0, 0.05) is 11.1 Å². The zero-order valence-electron chi connectivity index (χ0n) is 10.7. The van der Waals surface area contributed by atoms with Gasteiger partial charge in [-0.2, -0.15) is 0 Å². The second-order valence-electron chi connectivity index (χ2n) is 4.75. The minimum absolute atomic E-state index is 0.121. The van der Waals surface area contributed by atoms with Gasteiger partial charge in [0.2, 0.25) is 0 Å². The van der Waals surface area contributed by atoms with E-state index in [4.69, 9.17) is 17.3 Å². The van der Waals surface area contributed by atoms with Crippen LogP contribution in [0.2, 0.25) is 5.02 Å². The molecule has 0 aliphatic carbocycles. The zero-order chi connectivity index (χ0) is 12.3. The molecular formula is C14H22ClN. The number of benzene rings is 1. The Labute approximate surface area is 104 Å². The molecule has 2 unspecified atom stereocenters. The van der Waals surface area contributed by atoms with Gasteiger partial charge in [-0.15, -0.1) is 0 Å². The molecule has 0 aliphatic heterocycles. The van der Waals surface area contributed by atoms with E-state index in [1.54, 1.807) is 0 Å². The third-order valence-corrected chi connectivity index (χ3v) is 3.67. The summed E-state index contributed by atoms with van der Waals surface area (Å²) < 4.78 is 0. The fourth-order valence-electron chi connectivity index (χ4n) is 2.10. The highest BCUT2D eigenvalue weighted by molar-refractivity contribution is 6.31. The Morgan fingerprint density at radius 1 is 1.25 bits per heavy atom. The van der Waals surface area contributed by atoms with E-state index in [1.165, 1.54) is 24.0 Å². The second-order valence-corrected chi connectivity index (χ2v) is 5.16. The Morgan fingerprint density at radius 2 is 1.88 bits per heavy atom. The molecule has 0 spiro atoms. The van der Waals surface area contributed by atoms with Gasteiger partial charge in [0.1, 0.15) is 0 Å². The van der Waals surface area contributed by atoms with E-state index in [0.29, 0.717) is 5.92 Å². The van der Waals surface area contributed by atoms with Gasteiger partial charge < -0.3 is 5.73 Å². The number of hydrogen-bond donors (Lipinski definition) is 1. The van der Waals surface area contributed by atoms with Crippen LogP contribution in [0.4, 0.5) is 0 Å². The average Bonchev–Trinajstić information content (AvgIpc) is 2.23. The second kappa shape index (κ2) is 5.70. The lowest BCUT2D eigenvalue weighted by Crippen LogP contribution is -2.20. The van der Waals surface area contributed by atoms with Crippen molar-refractivity contribution in [2.24, 2.45) is 11.7 Å². The molecule has 0 amide bonds. The van der Waals surface area contributed by atoms with Crippen molar-refractivity contribution in [2.45, 2.75) is 46.6 Å². The van der Waals surface area contributed by atoms with Gasteiger partial charge in [0.05, 0.1) is 0 Å². The number of nitrogens with two attached hydrogens (primary N) is 1. The molecule has 0 aromatic heterocycles. The summed E-state index contributed by atoms with van der Waals surface area (Å²) in [6.07, 6.45) is 2.35. The van der Waals surface area contributed by atoms with Crippen molar-refractivity contribution < 1.29 is 0 Å². The molecule has 1 nitrogen and oxygen atoms in total. The van der Waals surface area contributed by atoms with Crippen molar-refractivity contribution in [3.05, 3.63) is 33.8 Å².